The van der Waals surface area contributed by atoms with E-state index in [0.29, 0.717) is 36.7 Å². The number of hydrogen-bond donors (Lipinski definition) is 3. The molecule has 0 saturated heterocycles. The predicted molar refractivity (Wildman–Crippen MR) is 126 cm³/mol. The lowest BCUT2D eigenvalue weighted by molar-refractivity contribution is -0.137. The number of carbonyl (C=O) groups excluding carboxylic acids is 1. The lowest BCUT2D eigenvalue weighted by Gasteiger charge is -2.27. The Hall–Kier alpha value is -0.850. The molecule has 2 fully saturated rings. The lowest BCUT2D eigenvalue weighted by Crippen LogP contribution is -2.30. The van der Waals surface area contributed by atoms with Crippen LogP contribution in [0.15, 0.2) is 12.2 Å². The van der Waals surface area contributed by atoms with Gasteiger partial charge >= 0.3 is 5.97 Å². The Morgan fingerprint density at radius 2 is 1.94 bits per heavy atom. The normalized spacial score (nSPS) is 25.9. The van der Waals surface area contributed by atoms with Gasteiger partial charge in [0.1, 0.15) is 5.78 Å². The van der Waals surface area contributed by atoms with Crippen LogP contribution in [0.3, 0.4) is 0 Å². The summed E-state index contributed by atoms with van der Waals surface area (Å²) in [5.41, 5.74) is -0.595. The second-order valence-corrected chi connectivity index (χ2v) is 10.8. The topological polar surface area (TPSA) is 94.8 Å². The molecule has 2 saturated carbocycles. The average Bonchev–Trinajstić information content (AvgIpc) is 3.55. The van der Waals surface area contributed by atoms with Crippen molar-refractivity contribution in [3.63, 3.8) is 0 Å². The first-order valence-electron chi connectivity index (χ1n) is 12.3. The van der Waals surface area contributed by atoms with Gasteiger partial charge in [0.05, 0.1) is 12.2 Å². The highest BCUT2D eigenvalue weighted by Crippen LogP contribution is 2.45. The Labute approximate surface area is 192 Å². The fourth-order valence-corrected chi connectivity index (χ4v) is 6.14. The van der Waals surface area contributed by atoms with E-state index in [1.54, 1.807) is 11.8 Å². The van der Waals surface area contributed by atoms with Crippen molar-refractivity contribution in [3.8, 4) is 0 Å². The number of rotatable bonds is 17. The maximum Gasteiger partial charge on any atom is 0.303 e. The number of ketones is 1. The Balaban J connectivity index is 1.93. The van der Waals surface area contributed by atoms with Crippen LogP contribution in [0.2, 0.25) is 0 Å². The van der Waals surface area contributed by atoms with E-state index in [4.69, 9.17) is 5.11 Å². The van der Waals surface area contributed by atoms with Crippen LogP contribution in [0.25, 0.3) is 0 Å². The molecule has 2 aliphatic carbocycles. The second-order valence-electron chi connectivity index (χ2n) is 9.45. The fourth-order valence-electron chi connectivity index (χ4n) is 4.94. The van der Waals surface area contributed by atoms with Gasteiger partial charge in [0.2, 0.25) is 0 Å². The standard InChI is InChI=1S/C25H42O5S/c1-2-3-14-25(30,19-12-13-19)15-8-10-21-20(9-6-4-5-7-11-24(28)29)22(27)18-23(21)31-17-16-26/h8,10,19-21,23,26,30H,2-7,9,11-18H2,1H3,(H,28,29)/t20-,21-,23-,25?/m1/s1. The molecule has 178 valence electrons. The van der Waals surface area contributed by atoms with E-state index in [2.05, 4.69) is 19.1 Å². The number of carboxylic acids is 1. The van der Waals surface area contributed by atoms with Gasteiger partial charge in [0.25, 0.3) is 0 Å². The highest BCUT2D eigenvalue weighted by atomic mass is 32.2. The van der Waals surface area contributed by atoms with Gasteiger partial charge in [0, 0.05) is 29.8 Å². The summed E-state index contributed by atoms with van der Waals surface area (Å²) in [4.78, 5) is 23.4. The van der Waals surface area contributed by atoms with Crippen molar-refractivity contribution in [2.24, 2.45) is 17.8 Å². The molecule has 0 aromatic rings. The molecule has 0 aromatic heterocycles. The minimum absolute atomic E-state index is 0.0107. The van der Waals surface area contributed by atoms with Crippen molar-refractivity contribution in [1.29, 1.82) is 0 Å². The number of thioether (sulfide) groups is 1. The van der Waals surface area contributed by atoms with Gasteiger partial charge in [-0.15, -0.1) is 0 Å². The highest BCUT2D eigenvalue weighted by molar-refractivity contribution is 8.00. The van der Waals surface area contributed by atoms with E-state index < -0.39 is 11.6 Å². The summed E-state index contributed by atoms with van der Waals surface area (Å²) in [6, 6.07) is 0. The zero-order chi connectivity index (χ0) is 22.7. The number of allylic oxidation sites excluding steroid dienone is 1. The van der Waals surface area contributed by atoms with E-state index >= 15 is 0 Å². The quantitative estimate of drug-likeness (QED) is 0.212. The molecule has 1 unspecified atom stereocenters. The van der Waals surface area contributed by atoms with E-state index in [1.807, 2.05) is 0 Å². The lowest BCUT2D eigenvalue weighted by atomic mass is 9.85. The zero-order valence-corrected chi connectivity index (χ0v) is 20.0. The van der Waals surface area contributed by atoms with Crippen LogP contribution in [0.4, 0.5) is 0 Å². The summed E-state index contributed by atoms with van der Waals surface area (Å²) < 4.78 is 0. The molecule has 3 N–H and O–H groups in total. The molecule has 0 amide bonds. The number of aliphatic hydroxyl groups excluding tert-OH is 1. The summed E-state index contributed by atoms with van der Waals surface area (Å²) >= 11 is 1.69. The molecular formula is C25H42O5S. The molecule has 0 aliphatic heterocycles. The first-order valence-corrected chi connectivity index (χ1v) is 13.3. The van der Waals surface area contributed by atoms with Gasteiger partial charge in [-0.2, -0.15) is 11.8 Å². The summed E-state index contributed by atoms with van der Waals surface area (Å²) in [7, 11) is 0. The van der Waals surface area contributed by atoms with E-state index in [0.717, 1.165) is 57.8 Å². The van der Waals surface area contributed by atoms with Crippen LogP contribution in [0, 0.1) is 17.8 Å². The number of unbranched alkanes of at least 4 members (excludes halogenated alkanes) is 4. The fraction of sp³-hybridized carbons (Fsp3) is 0.840. The molecule has 5 nitrogen and oxygen atoms in total. The average molecular weight is 455 g/mol. The van der Waals surface area contributed by atoms with Crippen LogP contribution in [-0.4, -0.2) is 50.3 Å². The maximum absolute atomic E-state index is 12.8. The SMILES string of the molecule is CCCCC(O)(CC=C[C@H]1[C@H](SCCO)CC(=O)[C@@H]1CCCCCCC(=O)O)C1CC1. The third-order valence-electron chi connectivity index (χ3n) is 6.92. The van der Waals surface area contributed by atoms with Crippen LogP contribution < -0.4 is 0 Å². The van der Waals surface area contributed by atoms with Crippen molar-refractivity contribution >= 4 is 23.5 Å². The van der Waals surface area contributed by atoms with Crippen LogP contribution in [0.5, 0.6) is 0 Å². The number of carboxylic acid groups (broad SMARTS) is 1. The van der Waals surface area contributed by atoms with Crippen molar-refractivity contribution < 1.29 is 24.9 Å². The Bertz CT molecular complexity index is 588. The molecule has 2 rings (SSSR count). The van der Waals surface area contributed by atoms with E-state index in [-0.39, 0.29) is 30.1 Å². The molecule has 4 atom stereocenters. The van der Waals surface area contributed by atoms with Gasteiger partial charge < -0.3 is 15.3 Å². The molecule has 2 aliphatic rings. The van der Waals surface area contributed by atoms with Gasteiger partial charge in [-0.3, -0.25) is 9.59 Å². The number of carbonyl (C=O) groups is 2. The molecule has 31 heavy (non-hydrogen) atoms. The summed E-state index contributed by atoms with van der Waals surface area (Å²) in [5, 5.41) is 29.3. The summed E-state index contributed by atoms with van der Waals surface area (Å²) in [6.07, 6.45) is 15.3. The van der Waals surface area contributed by atoms with Crippen LogP contribution in [-0.2, 0) is 9.59 Å². The highest BCUT2D eigenvalue weighted by Gasteiger charge is 2.43. The smallest absolute Gasteiger partial charge is 0.303 e. The number of Topliss-reactive ketones (excluding diaryl/α,β-unsaturated/α-hetero) is 1. The third kappa shape index (κ3) is 8.89. The van der Waals surface area contributed by atoms with Crippen LogP contribution in [0.1, 0.15) is 90.4 Å². The predicted octanol–water partition coefficient (Wildman–Crippen LogP) is 4.99. The molecule has 6 heteroatoms. The number of hydrogen-bond acceptors (Lipinski definition) is 5. The molecule has 0 aromatic carbocycles. The molecule has 0 spiro atoms. The number of aliphatic hydroxyl groups is 2. The van der Waals surface area contributed by atoms with E-state index in [1.165, 1.54) is 0 Å². The monoisotopic (exact) mass is 454 g/mol. The minimum Gasteiger partial charge on any atom is -0.481 e. The van der Waals surface area contributed by atoms with Gasteiger partial charge in [0.15, 0.2) is 0 Å². The third-order valence-corrected chi connectivity index (χ3v) is 8.25. The maximum atomic E-state index is 12.8. The van der Waals surface area contributed by atoms with Crippen molar-refractivity contribution in [2.75, 3.05) is 12.4 Å². The van der Waals surface area contributed by atoms with Crippen LogP contribution >= 0.6 is 11.8 Å². The minimum atomic E-state index is -0.745. The van der Waals surface area contributed by atoms with Crippen molar-refractivity contribution in [1.82, 2.24) is 0 Å². The summed E-state index contributed by atoms with van der Waals surface area (Å²) in [6.45, 7) is 2.28. The van der Waals surface area contributed by atoms with Crippen molar-refractivity contribution in [2.45, 2.75) is 101 Å². The molecular weight excluding hydrogens is 412 g/mol. The van der Waals surface area contributed by atoms with Crippen molar-refractivity contribution in [3.05, 3.63) is 12.2 Å². The Kier molecular flexibility index (Phi) is 11.6. The Morgan fingerprint density at radius 1 is 1.19 bits per heavy atom. The molecule has 0 radical (unpaired) electrons. The zero-order valence-electron chi connectivity index (χ0n) is 19.1. The summed E-state index contributed by atoms with van der Waals surface area (Å²) in [5.74, 6) is 0.820. The van der Waals surface area contributed by atoms with Gasteiger partial charge in [-0.1, -0.05) is 51.2 Å². The van der Waals surface area contributed by atoms with E-state index in [9.17, 15) is 19.8 Å². The van der Waals surface area contributed by atoms with Gasteiger partial charge in [-0.05, 0) is 50.4 Å². The first-order chi connectivity index (χ1) is 14.9. The Morgan fingerprint density at radius 3 is 2.58 bits per heavy atom. The number of aliphatic carboxylic acids is 1. The first kappa shape index (κ1) is 26.4. The second kappa shape index (κ2) is 13.6. The largest absolute Gasteiger partial charge is 0.481 e. The molecule has 0 heterocycles. The van der Waals surface area contributed by atoms with Gasteiger partial charge in [-0.25, -0.2) is 0 Å². The molecule has 0 bridgehead atoms.